The minimum Gasteiger partial charge on any atom is -0.480 e. The molecule has 0 bridgehead atoms. The van der Waals surface area contributed by atoms with Gasteiger partial charge >= 0.3 is 5.97 Å². The van der Waals surface area contributed by atoms with E-state index in [1.807, 2.05) is 13.8 Å². The van der Waals surface area contributed by atoms with Crippen LogP contribution in [-0.2, 0) is 4.79 Å². The van der Waals surface area contributed by atoms with Crippen LogP contribution in [0.25, 0.3) is 0 Å². The maximum absolute atomic E-state index is 11.8. The molecule has 0 fully saturated rings. The molecule has 17 heavy (non-hydrogen) atoms. The van der Waals surface area contributed by atoms with Gasteiger partial charge in [0, 0.05) is 0 Å². The first-order chi connectivity index (χ1) is 7.91. The van der Waals surface area contributed by atoms with Gasteiger partial charge in [0.25, 0.3) is 5.91 Å². The Kier molecular flexibility index (Phi) is 4.31. The molecule has 2 N–H and O–H groups in total. The Morgan fingerprint density at radius 3 is 2.53 bits per heavy atom. The lowest BCUT2D eigenvalue weighted by molar-refractivity contribution is -0.139. The van der Waals surface area contributed by atoms with Crippen molar-refractivity contribution in [3.8, 4) is 0 Å². The van der Waals surface area contributed by atoms with Crippen molar-refractivity contribution in [1.29, 1.82) is 0 Å². The summed E-state index contributed by atoms with van der Waals surface area (Å²) < 4.78 is 5.00. The average molecular weight is 239 g/mol. The number of aliphatic carboxylic acids is 1. The summed E-state index contributed by atoms with van der Waals surface area (Å²) in [4.78, 5) is 22.8. The number of hydrogen-bond donors (Lipinski definition) is 2. The third-order valence-electron chi connectivity index (χ3n) is 2.41. The van der Waals surface area contributed by atoms with E-state index in [2.05, 4.69) is 5.32 Å². The second-order valence-corrected chi connectivity index (χ2v) is 4.38. The van der Waals surface area contributed by atoms with Gasteiger partial charge in [0.1, 0.15) is 11.8 Å². The zero-order valence-corrected chi connectivity index (χ0v) is 10.2. The second-order valence-electron chi connectivity index (χ2n) is 4.38. The van der Waals surface area contributed by atoms with Crippen molar-refractivity contribution >= 4 is 11.9 Å². The summed E-state index contributed by atoms with van der Waals surface area (Å²) >= 11 is 0. The minimum absolute atomic E-state index is 0.196. The van der Waals surface area contributed by atoms with E-state index in [1.54, 1.807) is 6.92 Å². The summed E-state index contributed by atoms with van der Waals surface area (Å²) in [5.74, 6) is -0.754. The van der Waals surface area contributed by atoms with Gasteiger partial charge in [0.15, 0.2) is 0 Å². The summed E-state index contributed by atoms with van der Waals surface area (Å²) in [5.41, 5.74) is 0.375. The largest absolute Gasteiger partial charge is 0.480 e. The number of furan rings is 1. The minimum atomic E-state index is -1.02. The maximum Gasteiger partial charge on any atom is 0.326 e. The van der Waals surface area contributed by atoms with E-state index < -0.39 is 17.9 Å². The van der Waals surface area contributed by atoms with Crippen LogP contribution in [0.3, 0.4) is 0 Å². The molecule has 1 aromatic heterocycles. The van der Waals surface area contributed by atoms with Gasteiger partial charge in [-0.15, -0.1) is 0 Å². The number of carboxylic acids is 1. The van der Waals surface area contributed by atoms with Crippen molar-refractivity contribution < 1.29 is 19.1 Å². The van der Waals surface area contributed by atoms with Crippen LogP contribution in [0.4, 0.5) is 0 Å². The van der Waals surface area contributed by atoms with Gasteiger partial charge in [0.2, 0.25) is 0 Å². The first-order valence-electron chi connectivity index (χ1n) is 5.49. The highest BCUT2D eigenvalue weighted by atomic mass is 16.4. The Hall–Kier alpha value is -1.78. The molecule has 0 aliphatic carbocycles. The zero-order chi connectivity index (χ0) is 13.0. The molecule has 1 aromatic rings. The van der Waals surface area contributed by atoms with E-state index in [9.17, 15) is 9.59 Å². The number of carboxylic acid groups (broad SMARTS) is 1. The molecule has 0 unspecified atom stereocenters. The fraction of sp³-hybridized carbons (Fsp3) is 0.500. The van der Waals surface area contributed by atoms with E-state index in [0.717, 1.165) is 0 Å². The Labute approximate surface area is 99.8 Å². The quantitative estimate of drug-likeness (QED) is 0.821. The van der Waals surface area contributed by atoms with Crippen LogP contribution in [0.1, 0.15) is 36.4 Å². The van der Waals surface area contributed by atoms with Gasteiger partial charge < -0.3 is 14.8 Å². The first-order valence-corrected chi connectivity index (χ1v) is 5.49. The number of aryl methyl sites for hydroxylation is 1. The van der Waals surface area contributed by atoms with Gasteiger partial charge in [0.05, 0.1) is 11.8 Å². The number of carbonyl (C=O) groups is 2. The molecular formula is C12H17NO4. The summed E-state index contributed by atoms with van der Waals surface area (Å²) in [7, 11) is 0. The molecule has 1 amide bonds. The lowest BCUT2D eigenvalue weighted by Crippen LogP contribution is -2.41. The standard InChI is InChI=1S/C12H17NO4/c1-7(2)6-10(12(15)16)13-11(14)9-4-5-17-8(9)3/h4-5,7,10H,6H2,1-3H3,(H,13,14)(H,15,16)/t10-/m1/s1. The molecule has 0 aliphatic heterocycles. The highest BCUT2D eigenvalue weighted by Gasteiger charge is 2.22. The summed E-state index contributed by atoms with van der Waals surface area (Å²) in [6.45, 7) is 5.48. The van der Waals surface area contributed by atoms with E-state index in [0.29, 0.717) is 17.7 Å². The lowest BCUT2D eigenvalue weighted by Gasteiger charge is -2.16. The molecule has 0 aliphatic rings. The molecule has 0 saturated carbocycles. The summed E-state index contributed by atoms with van der Waals surface area (Å²) in [6.07, 6.45) is 1.81. The topological polar surface area (TPSA) is 79.5 Å². The molecule has 0 aromatic carbocycles. The van der Waals surface area contributed by atoms with Crippen molar-refractivity contribution in [2.75, 3.05) is 0 Å². The molecule has 1 atom stereocenters. The van der Waals surface area contributed by atoms with Crippen LogP contribution >= 0.6 is 0 Å². The third kappa shape index (κ3) is 3.62. The molecule has 1 heterocycles. The molecule has 94 valence electrons. The van der Waals surface area contributed by atoms with Gasteiger partial charge in [-0.1, -0.05) is 13.8 Å². The Balaban J connectivity index is 2.71. The third-order valence-corrected chi connectivity index (χ3v) is 2.41. The maximum atomic E-state index is 11.8. The Morgan fingerprint density at radius 1 is 1.47 bits per heavy atom. The summed E-state index contributed by atoms with van der Waals surface area (Å²) in [6, 6.07) is 0.663. The monoisotopic (exact) mass is 239 g/mol. The SMILES string of the molecule is Cc1occc1C(=O)N[C@H](CC(C)C)C(=O)O. The molecule has 5 heteroatoms. The normalized spacial score (nSPS) is 12.5. The van der Waals surface area contributed by atoms with E-state index in [-0.39, 0.29) is 5.92 Å². The summed E-state index contributed by atoms with van der Waals surface area (Å²) in [5, 5.41) is 11.5. The fourth-order valence-electron chi connectivity index (χ4n) is 1.55. The van der Waals surface area contributed by atoms with Crippen LogP contribution < -0.4 is 5.32 Å². The number of carbonyl (C=O) groups excluding carboxylic acids is 1. The van der Waals surface area contributed by atoms with Crippen molar-refractivity contribution in [1.82, 2.24) is 5.32 Å². The van der Waals surface area contributed by atoms with Crippen LogP contribution in [0.15, 0.2) is 16.7 Å². The Morgan fingerprint density at radius 2 is 2.12 bits per heavy atom. The van der Waals surface area contributed by atoms with Crippen molar-refractivity contribution in [3.63, 3.8) is 0 Å². The van der Waals surface area contributed by atoms with Crippen LogP contribution in [0, 0.1) is 12.8 Å². The predicted molar refractivity (Wildman–Crippen MR) is 61.8 cm³/mol. The average Bonchev–Trinajstić information content (AvgIpc) is 2.62. The molecule has 5 nitrogen and oxygen atoms in total. The molecule has 1 rings (SSSR count). The van der Waals surface area contributed by atoms with E-state index in [1.165, 1.54) is 12.3 Å². The van der Waals surface area contributed by atoms with E-state index in [4.69, 9.17) is 9.52 Å². The van der Waals surface area contributed by atoms with Gasteiger partial charge in [-0.3, -0.25) is 4.79 Å². The van der Waals surface area contributed by atoms with Crippen LogP contribution in [-0.4, -0.2) is 23.0 Å². The molecule has 0 saturated heterocycles. The lowest BCUT2D eigenvalue weighted by atomic mass is 10.0. The van der Waals surface area contributed by atoms with Gasteiger partial charge in [-0.2, -0.15) is 0 Å². The number of nitrogens with one attached hydrogen (secondary N) is 1. The molecule has 0 spiro atoms. The van der Waals surface area contributed by atoms with Gasteiger partial charge in [-0.25, -0.2) is 4.79 Å². The van der Waals surface area contributed by atoms with Gasteiger partial charge in [-0.05, 0) is 25.3 Å². The smallest absolute Gasteiger partial charge is 0.326 e. The van der Waals surface area contributed by atoms with E-state index >= 15 is 0 Å². The Bertz CT molecular complexity index is 408. The van der Waals surface area contributed by atoms with Crippen LogP contribution in [0.5, 0.6) is 0 Å². The van der Waals surface area contributed by atoms with Crippen LogP contribution in [0.2, 0.25) is 0 Å². The number of hydrogen-bond acceptors (Lipinski definition) is 3. The molecular weight excluding hydrogens is 222 g/mol. The predicted octanol–water partition coefficient (Wildman–Crippen LogP) is 1.82. The number of amides is 1. The second kappa shape index (κ2) is 5.52. The number of rotatable bonds is 5. The van der Waals surface area contributed by atoms with Crippen molar-refractivity contribution in [2.24, 2.45) is 5.92 Å². The highest BCUT2D eigenvalue weighted by molar-refractivity contribution is 5.97. The van der Waals surface area contributed by atoms with Crippen molar-refractivity contribution in [3.05, 3.63) is 23.7 Å². The van der Waals surface area contributed by atoms with Crippen molar-refractivity contribution in [2.45, 2.75) is 33.2 Å². The first kappa shape index (κ1) is 13.3. The molecule has 0 radical (unpaired) electrons. The fourth-order valence-corrected chi connectivity index (χ4v) is 1.55. The zero-order valence-electron chi connectivity index (χ0n) is 10.2. The highest BCUT2D eigenvalue weighted by Crippen LogP contribution is 2.10.